The number of fused-ring (bicyclic) bond motifs is 1. The third kappa shape index (κ3) is 3.87. The van der Waals surface area contributed by atoms with Crippen LogP contribution in [0.1, 0.15) is 15.9 Å². The number of ether oxygens (including phenoxy) is 2. The monoisotopic (exact) mass is 402 g/mol. The van der Waals surface area contributed by atoms with E-state index in [4.69, 9.17) is 4.74 Å². The molecular weight excluding hydrogens is 382 g/mol. The lowest BCUT2D eigenvalue weighted by atomic mass is 9.88. The summed E-state index contributed by atoms with van der Waals surface area (Å²) in [6, 6.07) is 15.5. The Kier molecular flexibility index (Phi) is 5.08. The molecule has 0 spiro atoms. The Balaban J connectivity index is 1.57. The molecule has 0 radical (unpaired) electrons. The van der Waals surface area contributed by atoms with Crippen molar-refractivity contribution in [3.63, 3.8) is 0 Å². The Morgan fingerprint density at radius 3 is 2.69 bits per heavy atom. The van der Waals surface area contributed by atoms with Crippen LogP contribution in [0.25, 0.3) is 0 Å². The zero-order valence-electron chi connectivity index (χ0n) is 15.6. The van der Waals surface area contributed by atoms with Gasteiger partial charge in [0.15, 0.2) is 0 Å². The molecule has 2 aliphatic heterocycles. The number of rotatable bonds is 5. The van der Waals surface area contributed by atoms with Crippen LogP contribution in [0, 0.1) is 0 Å². The van der Waals surface area contributed by atoms with Crippen LogP contribution in [0.3, 0.4) is 0 Å². The largest absolute Gasteiger partial charge is 0.447 e. The molecule has 2 saturated heterocycles. The number of amides is 2. The second kappa shape index (κ2) is 7.69. The number of carbonyl (C=O) groups excluding carboxylic acids is 2. The van der Waals surface area contributed by atoms with Gasteiger partial charge in [-0.05, 0) is 23.8 Å². The average Bonchev–Trinajstić information content (AvgIpc) is 3.03. The highest BCUT2D eigenvalue weighted by Gasteiger charge is 2.51. The fraction of sp³-hybridized carbons (Fsp3) is 0.333. The summed E-state index contributed by atoms with van der Waals surface area (Å²) >= 11 is 0. The van der Waals surface area contributed by atoms with Crippen LogP contribution in [0.4, 0.5) is 13.6 Å². The van der Waals surface area contributed by atoms with Crippen molar-refractivity contribution in [3.8, 4) is 5.75 Å². The van der Waals surface area contributed by atoms with E-state index in [0.29, 0.717) is 26.1 Å². The Morgan fingerprint density at radius 2 is 1.93 bits per heavy atom. The zero-order chi connectivity index (χ0) is 20.4. The standard InChI is InChI=1S/C21H20F2N2O4/c22-19(23)29-17-8-4-7-16(11-17)18(26)24-9-10-25-20(27)28-14-21(25,13-24)12-15-5-2-1-3-6-15/h1-8,11,19H,9-10,12-14H2. The molecule has 6 nitrogen and oxygen atoms in total. The van der Waals surface area contributed by atoms with Crippen molar-refractivity contribution in [3.05, 3.63) is 65.7 Å². The first-order valence-corrected chi connectivity index (χ1v) is 9.29. The summed E-state index contributed by atoms with van der Waals surface area (Å²) in [4.78, 5) is 28.6. The van der Waals surface area contributed by atoms with Gasteiger partial charge in [0.25, 0.3) is 5.91 Å². The van der Waals surface area contributed by atoms with Crippen molar-refractivity contribution in [1.82, 2.24) is 9.80 Å². The molecule has 2 amide bonds. The highest BCUT2D eigenvalue weighted by atomic mass is 19.3. The molecule has 2 fully saturated rings. The molecule has 0 saturated carbocycles. The van der Waals surface area contributed by atoms with Crippen LogP contribution in [0.5, 0.6) is 5.75 Å². The molecule has 152 valence electrons. The van der Waals surface area contributed by atoms with E-state index in [0.717, 1.165) is 5.56 Å². The fourth-order valence-electron chi connectivity index (χ4n) is 4.00. The second-order valence-corrected chi connectivity index (χ2v) is 7.23. The molecule has 2 aromatic carbocycles. The van der Waals surface area contributed by atoms with Crippen LogP contribution >= 0.6 is 0 Å². The smallest absolute Gasteiger partial charge is 0.410 e. The van der Waals surface area contributed by atoms with Crippen molar-refractivity contribution in [2.75, 3.05) is 26.2 Å². The van der Waals surface area contributed by atoms with Gasteiger partial charge in [0.1, 0.15) is 17.9 Å². The summed E-state index contributed by atoms with van der Waals surface area (Å²) in [6.07, 6.45) is 0.179. The topological polar surface area (TPSA) is 59.1 Å². The zero-order valence-corrected chi connectivity index (χ0v) is 15.6. The van der Waals surface area contributed by atoms with Gasteiger partial charge >= 0.3 is 12.7 Å². The van der Waals surface area contributed by atoms with Gasteiger partial charge in [0.05, 0.1) is 0 Å². The lowest BCUT2D eigenvalue weighted by molar-refractivity contribution is -0.0499. The van der Waals surface area contributed by atoms with Crippen LogP contribution < -0.4 is 4.74 Å². The van der Waals surface area contributed by atoms with E-state index < -0.39 is 12.2 Å². The highest BCUT2D eigenvalue weighted by Crippen LogP contribution is 2.33. The van der Waals surface area contributed by atoms with E-state index in [1.54, 1.807) is 15.9 Å². The lowest BCUT2D eigenvalue weighted by Crippen LogP contribution is -2.63. The van der Waals surface area contributed by atoms with Gasteiger partial charge in [-0.1, -0.05) is 36.4 Å². The predicted octanol–water partition coefficient (Wildman–Crippen LogP) is 3.18. The molecular formula is C21H20F2N2O4. The van der Waals surface area contributed by atoms with Gasteiger partial charge in [-0.15, -0.1) is 0 Å². The molecule has 0 aliphatic carbocycles. The van der Waals surface area contributed by atoms with E-state index in [9.17, 15) is 18.4 Å². The lowest BCUT2D eigenvalue weighted by Gasteiger charge is -2.44. The van der Waals surface area contributed by atoms with Crippen molar-refractivity contribution < 1.29 is 27.8 Å². The Hall–Kier alpha value is -3.16. The van der Waals surface area contributed by atoms with E-state index >= 15 is 0 Å². The minimum Gasteiger partial charge on any atom is -0.447 e. The average molecular weight is 402 g/mol. The molecule has 2 aromatic rings. The van der Waals surface area contributed by atoms with E-state index in [1.807, 2.05) is 30.3 Å². The highest BCUT2D eigenvalue weighted by molar-refractivity contribution is 5.95. The van der Waals surface area contributed by atoms with Crippen molar-refractivity contribution in [2.45, 2.75) is 18.6 Å². The molecule has 1 unspecified atom stereocenters. The summed E-state index contributed by atoms with van der Waals surface area (Å²) in [5.41, 5.74) is 0.651. The fourth-order valence-corrected chi connectivity index (χ4v) is 4.00. The summed E-state index contributed by atoms with van der Waals surface area (Å²) in [5, 5.41) is 0. The molecule has 8 heteroatoms. The van der Waals surface area contributed by atoms with Crippen LogP contribution in [0.15, 0.2) is 54.6 Å². The van der Waals surface area contributed by atoms with Gasteiger partial charge in [0, 0.05) is 31.6 Å². The van der Waals surface area contributed by atoms with Gasteiger partial charge < -0.3 is 14.4 Å². The maximum Gasteiger partial charge on any atom is 0.410 e. The van der Waals surface area contributed by atoms with Gasteiger partial charge in [0.2, 0.25) is 0 Å². The van der Waals surface area contributed by atoms with E-state index in [-0.39, 0.29) is 29.9 Å². The number of hydrogen-bond acceptors (Lipinski definition) is 4. The summed E-state index contributed by atoms with van der Waals surface area (Å²) < 4.78 is 34.7. The van der Waals surface area contributed by atoms with Gasteiger partial charge in [-0.25, -0.2) is 4.79 Å². The number of benzene rings is 2. The third-order valence-electron chi connectivity index (χ3n) is 5.31. The van der Waals surface area contributed by atoms with Crippen LogP contribution in [-0.4, -0.2) is 60.2 Å². The van der Waals surface area contributed by atoms with Crippen molar-refractivity contribution in [1.29, 1.82) is 0 Å². The number of alkyl halides is 2. The number of carbonyl (C=O) groups is 2. The Labute approximate surface area is 166 Å². The molecule has 0 N–H and O–H groups in total. The van der Waals surface area contributed by atoms with E-state index in [1.165, 1.54) is 18.2 Å². The minimum absolute atomic E-state index is 0.0668. The molecule has 1 atom stereocenters. The summed E-state index contributed by atoms with van der Waals surface area (Å²) in [5.74, 6) is -0.362. The molecule has 0 bridgehead atoms. The number of hydrogen-bond donors (Lipinski definition) is 0. The summed E-state index contributed by atoms with van der Waals surface area (Å²) in [7, 11) is 0. The first-order chi connectivity index (χ1) is 14.0. The number of nitrogens with zero attached hydrogens (tertiary/aromatic N) is 2. The number of piperazine rings is 1. The normalized spacial score (nSPS) is 21.1. The predicted molar refractivity (Wildman–Crippen MR) is 99.9 cm³/mol. The first kappa shape index (κ1) is 19.2. The van der Waals surface area contributed by atoms with Crippen LogP contribution in [0.2, 0.25) is 0 Å². The SMILES string of the molecule is O=C(c1cccc(OC(F)F)c1)N1CCN2C(=O)OCC2(Cc2ccccc2)C1. The van der Waals surface area contributed by atoms with Crippen molar-refractivity contribution in [2.24, 2.45) is 0 Å². The first-order valence-electron chi connectivity index (χ1n) is 9.29. The Morgan fingerprint density at radius 1 is 1.14 bits per heavy atom. The minimum atomic E-state index is -2.96. The van der Waals surface area contributed by atoms with Crippen LogP contribution in [-0.2, 0) is 11.2 Å². The van der Waals surface area contributed by atoms with E-state index in [2.05, 4.69) is 4.74 Å². The molecule has 0 aromatic heterocycles. The summed E-state index contributed by atoms with van der Waals surface area (Å²) in [6.45, 7) is -1.78. The maximum absolute atomic E-state index is 13.0. The Bertz CT molecular complexity index is 909. The maximum atomic E-state index is 13.0. The van der Waals surface area contributed by atoms with Gasteiger partial charge in [-0.2, -0.15) is 8.78 Å². The van der Waals surface area contributed by atoms with Crippen molar-refractivity contribution >= 4 is 12.0 Å². The van der Waals surface area contributed by atoms with Gasteiger partial charge in [-0.3, -0.25) is 9.69 Å². The molecule has 4 rings (SSSR count). The second-order valence-electron chi connectivity index (χ2n) is 7.23. The molecule has 29 heavy (non-hydrogen) atoms. The third-order valence-corrected chi connectivity index (χ3v) is 5.31. The quantitative estimate of drug-likeness (QED) is 0.771. The number of cyclic esters (lactones) is 1. The molecule has 2 heterocycles. The number of halogens is 2. The molecule has 2 aliphatic rings.